The van der Waals surface area contributed by atoms with Crippen LogP contribution in [0.1, 0.15) is 27.5 Å². The molecule has 9 heteroatoms. The zero-order valence-electron chi connectivity index (χ0n) is 18.7. The van der Waals surface area contributed by atoms with Gasteiger partial charge in [0.25, 0.3) is 5.69 Å². The highest BCUT2D eigenvalue weighted by molar-refractivity contribution is 6.31. The van der Waals surface area contributed by atoms with Gasteiger partial charge in [0, 0.05) is 28.9 Å². The molecule has 0 aliphatic carbocycles. The molecule has 4 atom stereocenters. The number of amides is 2. The van der Waals surface area contributed by atoms with E-state index in [9.17, 15) is 24.5 Å². The lowest BCUT2D eigenvalue weighted by molar-refractivity contribution is -0.384. The van der Waals surface area contributed by atoms with E-state index in [1.54, 1.807) is 35.4 Å². The van der Waals surface area contributed by atoms with E-state index in [2.05, 4.69) is 0 Å². The Bertz CT molecular complexity index is 1500. The highest BCUT2D eigenvalue weighted by Gasteiger charge is 2.64. The summed E-state index contributed by atoms with van der Waals surface area (Å²) < 4.78 is 0. The minimum atomic E-state index is -1.01. The van der Waals surface area contributed by atoms with Crippen molar-refractivity contribution < 1.29 is 19.3 Å². The standard InChI is InChI=1S/C27H18ClN3O5/c28-17-7-4-8-18(14-17)30-26(33)21-22(27(30)34)24(25(32)16-6-3-9-19(13-16)31(35)36)29-12-11-15-5-1-2-10-20(15)23(21)29/h1-14,21-24H/t21-,22-,23-,24+/m0/s1. The van der Waals surface area contributed by atoms with Crippen molar-refractivity contribution in [1.82, 2.24) is 4.90 Å². The van der Waals surface area contributed by atoms with E-state index in [0.717, 1.165) is 16.0 Å². The average molecular weight is 500 g/mol. The van der Waals surface area contributed by atoms with Crippen LogP contribution in [0.4, 0.5) is 11.4 Å². The highest BCUT2D eigenvalue weighted by Crippen LogP contribution is 2.53. The molecule has 3 aromatic rings. The van der Waals surface area contributed by atoms with Gasteiger partial charge in [-0.2, -0.15) is 0 Å². The number of hydrogen-bond acceptors (Lipinski definition) is 6. The lowest BCUT2D eigenvalue weighted by Crippen LogP contribution is -2.44. The average Bonchev–Trinajstić information content (AvgIpc) is 3.36. The zero-order chi connectivity index (χ0) is 25.1. The van der Waals surface area contributed by atoms with Crippen LogP contribution in [0.15, 0.2) is 79.0 Å². The Hall–Kier alpha value is -4.30. The lowest BCUT2D eigenvalue weighted by atomic mass is 9.83. The van der Waals surface area contributed by atoms with E-state index in [1.165, 1.54) is 24.3 Å². The summed E-state index contributed by atoms with van der Waals surface area (Å²) in [5.41, 5.74) is 1.99. The van der Waals surface area contributed by atoms with Crippen molar-refractivity contribution in [2.75, 3.05) is 4.90 Å². The molecule has 2 saturated heterocycles. The third-order valence-corrected chi connectivity index (χ3v) is 7.37. The number of Topliss-reactive ketones (excluding diaryl/α,β-unsaturated/α-hetero) is 1. The Morgan fingerprint density at radius 2 is 1.67 bits per heavy atom. The number of rotatable bonds is 4. The molecule has 3 heterocycles. The first-order valence-electron chi connectivity index (χ1n) is 11.3. The molecule has 8 nitrogen and oxygen atoms in total. The number of anilines is 1. The number of halogens is 1. The summed E-state index contributed by atoms with van der Waals surface area (Å²) in [6, 6.07) is 17.9. The zero-order valence-corrected chi connectivity index (χ0v) is 19.4. The largest absolute Gasteiger partial charge is 0.358 e. The fourth-order valence-electron chi connectivity index (χ4n) is 5.67. The number of fused-ring (bicyclic) bond motifs is 5. The van der Waals surface area contributed by atoms with Gasteiger partial charge in [-0.25, -0.2) is 4.90 Å². The molecule has 0 saturated carbocycles. The number of ketones is 1. The van der Waals surface area contributed by atoms with Crippen LogP contribution >= 0.6 is 11.6 Å². The van der Waals surface area contributed by atoms with Gasteiger partial charge in [0.2, 0.25) is 11.8 Å². The van der Waals surface area contributed by atoms with Crippen LogP contribution in [-0.2, 0) is 9.59 Å². The van der Waals surface area contributed by atoms with Crippen LogP contribution in [0.25, 0.3) is 6.08 Å². The van der Waals surface area contributed by atoms with E-state index in [-0.39, 0.29) is 11.3 Å². The van der Waals surface area contributed by atoms with Crippen LogP contribution in [-0.4, -0.2) is 33.5 Å². The van der Waals surface area contributed by atoms with Gasteiger partial charge >= 0.3 is 0 Å². The van der Waals surface area contributed by atoms with Crippen LogP contribution in [0.2, 0.25) is 5.02 Å². The van der Waals surface area contributed by atoms with E-state index >= 15 is 0 Å². The summed E-state index contributed by atoms with van der Waals surface area (Å²) in [6.45, 7) is 0. The molecule has 3 aromatic carbocycles. The SMILES string of the molecule is O=C(c1cccc([N+](=O)[O-])c1)[C@H]1[C@H]2C(=O)N(c3cccc(Cl)c3)C(=O)[C@@H]2[C@@H]2c3ccccc3C=CN12. The predicted octanol–water partition coefficient (Wildman–Crippen LogP) is 4.65. The smallest absolute Gasteiger partial charge is 0.270 e. The molecule has 0 radical (unpaired) electrons. The van der Waals surface area contributed by atoms with E-state index in [4.69, 9.17) is 11.6 Å². The Kier molecular flexibility index (Phi) is 5.01. The molecule has 0 aromatic heterocycles. The Balaban J connectivity index is 1.50. The summed E-state index contributed by atoms with van der Waals surface area (Å²) in [5.74, 6) is -3.12. The Labute approximate surface area is 210 Å². The molecular weight excluding hydrogens is 482 g/mol. The van der Waals surface area contributed by atoms with Crippen LogP contribution in [0.5, 0.6) is 0 Å². The van der Waals surface area contributed by atoms with Crippen molar-refractivity contribution >= 4 is 46.6 Å². The van der Waals surface area contributed by atoms with Gasteiger partial charge < -0.3 is 4.90 Å². The minimum absolute atomic E-state index is 0.113. The number of benzene rings is 3. The fraction of sp³-hybridized carbons (Fsp3) is 0.148. The van der Waals surface area contributed by atoms with E-state index in [0.29, 0.717) is 10.7 Å². The van der Waals surface area contributed by atoms with Gasteiger partial charge in [0.1, 0.15) is 6.04 Å². The number of nitrogens with zero attached hydrogens (tertiary/aromatic N) is 3. The van der Waals surface area contributed by atoms with E-state index < -0.39 is 46.4 Å². The molecule has 2 amide bonds. The van der Waals surface area contributed by atoms with Gasteiger partial charge in [-0.05, 0) is 35.4 Å². The Morgan fingerprint density at radius 3 is 2.44 bits per heavy atom. The number of non-ortho nitro benzene ring substituents is 1. The Morgan fingerprint density at radius 1 is 0.917 bits per heavy atom. The van der Waals surface area contributed by atoms with Crippen molar-refractivity contribution in [3.8, 4) is 0 Å². The summed E-state index contributed by atoms with van der Waals surface area (Å²) in [5, 5.41) is 11.7. The van der Waals surface area contributed by atoms with Crippen LogP contribution < -0.4 is 4.90 Å². The number of hydrogen-bond donors (Lipinski definition) is 0. The maximum Gasteiger partial charge on any atom is 0.270 e. The molecule has 0 unspecified atom stereocenters. The van der Waals surface area contributed by atoms with Crippen LogP contribution in [0.3, 0.4) is 0 Å². The maximum absolute atomic E-state index is 13.9. The summed E-state index contributed by atoms with van der Waals surface area (Å²) in [7, 11) is 0. The normalized spacial score (nSPS) is 23.9. The van der Waals surface area contributed by atoms with E-state index in [1.807, 2.05) is 30.3 Å². The van der Waals surface area contributed by atoms with Crippen molar-refractivity contribution in [3.05, 3.63) is 111 Å². The number of nitro groups is 1. The molecule has 2 fully saturated rings. The maximum atomic E-state index is 13.9. The van der Waals surface area contributed by atoms with Crippen LogP contribution in [0, 0.1) is 22.0 Å². The molecule has 178 valence electrons. The first-order valence-corrected chi connectivity index (χ1v) is 11.7. The number of nitro benzene ring substituents is 1. The summed E-state index contributed by atoms with van der Waals surface area (Å²) in [6.07, 6.45) is 3.60. The molecule has 36 heavy (non-hydrogen) atoms. The number of imide groups is 1. The summed E-state index contributed by atoms with van der Waals surface area (Å²) in [4.78, 5) is 55.2. The van der Waals surface area contributed by atoms with Gasteiger partial charge in [-0.3, -0.25) is 24.5 Å². The quantitative estimate of drug-likeness (QED) is 0.224. The van der Waals surface area contributed by atoms with Gasteiger partial charge in [0.15, 0.2) is 5.78 Å². The minimum Gasteiger partial charge on any atom is -0.358 e. The van der Waals surface area contributed by atoms with Gasteiger partial charge in [-0.1, -0.05) is 54.1 Å². The van der Waals surface area contributed by atoms with Crippen molar-refractivity contribution in [2.45, 2.75) is 12.1 Å². The molecule has 0 spiro atoms. The number of carbonyl (C=O) groups is 3. The first kappa shape index (κ1) is 22.2. The first-order chi connectivity index (χ1) is 17.4. The molecule has 0 bridgehead atoms. The second kappa shape index (κ2) is 8.13. The topological polar surface area (TPSA) is 101 Å². The van der Waals surface area contributed by atoms with Gasteiger partial charge in [-0.15, -0.1) is 0 Å². The van der Waals surface area contributed by atoms with Gasteiger partial charge in [0.05, 0.1) is 28.5 Å². The highest BCUT2D eigenvalue weighted by atomic mass is 35.5. The fourth-order valence-corrected chi connectivity index (χ4v) is 5.85. The molecule has 3 aliphatic heterocycles. The van der Waals surface area contributed by atoms with Crippen molar-refractivity contribution in [2.24, 2.45) is 11.8 Å². The monoisotopic (exact) mass is 499 g/mol. The summed E-state index contributed by atoms with van der Waals surface area (Å²) >= 11 is 6.14. The third-order valence-electron chi connectivity index (χ3n) is 7.14. The second-order valence-corrected chi connectivity index (χ2v) is 9.43. The predicted molar refractivity (Wildman–Crippen MR) is 132 cm³/mol. The molecular formula is C27H18ClN3O5. The number of carbonyl (C=O) groups excluding carboxylic acids is 3. The third kappa shape index (κ3) is 3.18. The van der Waals surface area contributed by atoms with Crippen molar-refractivity contribution in [3.63, 3.8) is 0 Å². The molecule has 6 rings (SSSR count). The molecule has 0 N–H and O–H groups in total. The van der Waals surface area contributed by atoms with Crippen molar-refractivity contribution in [1.29, 1.82) is 0 Å². The molecule has 3 aliphatic rings. The second-order valence-electron chi connectivity index (χ2n) is 9.00. The lowest BCUT2D eigenvalue weighted by Gasteiger charge is -2.35.